The molecule has 0 aromatic heterocycles. The molecule has 1 saturated heterocycles. The van der Waals surface area contributed by atoms with Crippen molar-refractivity contribution >= 4 is 33.6 Å². The Kier molecular flexibility index (Phi) is 5.99. The molecule has 0 saturated carbocycles. The van der Waals surface area contributed by atoms with E-state index in [0.29, 0.717) is 0 Å². The van der Waals surface area contributed by atoms with Crippen molar-refractivity contribution in [3.05, 3.63) is 64.2 Å². The number of anilines is 1. The summed E-state index contributed by atoms with van der Waals surface area (Å²) in [4.78, 5) is 36.1. The lowest BCUT2D eigenvalue weighted by atomic mass is 10.2. The van der Waals surface area contributed by atoms with Crippen molar-refractivity contribution in [2.45, 2.75) is 6.10 Å². The molecule has 2 aromatic rings. The van der Waals surface area contributed by atoms with Gasteiger partial charge in [-0.05, 0) is 24.3 Å². The Morgan fingerprint density at radius 1 is 1.27 bits per heavy atom. The monoisotopic (exact) mass is 436 g/mol. The number of ether oxygens (including phenoxy) is 2. The van der Waals surface area contributed by atoms with Crippen LogP contribution >= 0.6 is 0 Å². The van der Waals surface area contributed by atoms with E-state index < -0.39 is 38.9 Å². The summed E-state index contributed by atoms with van der Waals surface area (Å²) < 4.78 is 36.9. The third-order valence-electron chi connectivity index (χ3n) is 4.01. The van der Waals surface area contributed by atoms with Gasteiger partial charge in [-0.1, -0.05) is 18.2 Å². The number of benzene rings is 2. The number of carbonyl (C=O) groups excluding carboxylic acids is 2. The van der Waals surface area contributed by atoms with E-state index in [9.17, 15) is 28.1 Å². The van der Waals surface area contributed by atoms with E-state index in [-0.39, 0.29) is 30.2 Å². The lowest BCUT2D eigenvalue weighted by molar-refractivity contribution is -0.385. The van der Waals surface area contributed by atoms with Crippen molar-refractivity contribution in [3.63, 3.8) is 0 Å². The Morgan fingerprint density at radius 3 is 2.60 bits per heavy atom. The second kappa shape index (κ2) is 8.47. The zero-order chi connectivity index (χ0) is 21.9. The highest BCUT2D eigenvalue weighted by atomic mass is 32.2. The average molecular weight is 436 g/mol. The van der Waals surface area contributed by atoms with Gasteiger partial charge in [-0.2, -0.15) is 8.42 Å². The molecule has 1 aliphatic rings. The fraction of sp³-hybridized carbons (Fsp3) is 0.222. The van der Waals surface area contributed by atoms with Crippen LogP contribution in [0.1, 0.15) is 10.4 Å². The van der Waals surface area contributed by atoms with Crippen molar-refractivity contribution in [2.24, 2.45) is 0 Å². The Hall–Kier alpha value is -3.51. The van der Waals surface area contributed by atoms with Gasteiger partial charge in [0.15, 0.2) is 0 Å². The summed E-state index contributed by atoms with van der Waals surface area (Å²) >= 11 is 0. The Balaban J connectivity index is 1.79. The van der Waals surface area contributed by atoms with Crippen molar-refractivity contribution in [2.75, 3.05) is 24.3 Å². The second-order valence-electron chi connectivity index (χ2n) is 6.27. The van der Waals surface area contributed by atoms with Gasteiger partial charge >= 0.3 is 17.7 Å². The van der Waals surface area contributed by atoms with Gasteiger partial charge in [0, 0.05) is 6.07 Å². The molecule has 0 unspecified atom stereocenters. The number of nitrogens with zero attached hydrogens (tertiary/aromatic N) is 2. The molecule has 0 aliphatic carbocycles. The summed E-state index contributed by atoms with van der Waals surface area (Å²) in [7, 11) is -3.72. The Bertz CT molecular complexity index is 1090. The lowest BCUT2D eigenvalue weighted by Crippen LogP contribution is -2.26. The number of cyclic esters (lactones) is 1. The second-order valence-corrected chi connectivity index (χ2v) is 7.91. The summed E-state index contributed by atoms with van der Waals surface area (Å²) in [5.41, 5.74) is -0.193. The van der Waals surface area contributed by atoms with E-state index >= 15 is 0 Å². The van der Waals surface area contributed by atoms with Crippen molar-refractivity contribution in [1.82, 2.24) is 0 Å². The molecule has 12 heteroatoms. The van der Waals surface area contributed by atoms with Crippen LogP contribution in [0.25, 0.3) is 0 Å². The number of nitro benzene ring substituents is 1. The molecular formula is C18H16N2O9S. The molecule has 3 rings (SSSR count). The lowest BCUT2D eigenvalue weighted by Gasteiger charge is -2.14. The first kappa shape index (κ1) is 21.2. The van der Waals surface area contributed by atoms with Gasteiger partial charge in [0.1, 0.15) is 12.7 Å². The predicted molar refractivity (Wildman–Crippen MR) is 103 cm³/mol. The van der Waals surface area contributed by atoms with E-state index in [2.05, 4.69) is 4.18 Å². The van der Waals surface area contributed by atoms with Crippen molar-refractivity contribution < 1.29 is 36.6 Å². The molecule has 11 nitrogen and oxygen atoms in total. The minimum absolute atomic E-state index is 0.0747. The van der Waals surface area contributed by atoms with Gasteiger partial charge in [0.25, 0.3) is 10.1 Å². The maximum absolute atomic E-state index is 12.2. The van der Waals surface area contributed by atoms with Crippen LogP contribution in [0, 0.1) is 10.1 Å². The number of amides is 1. The number of nitro groups is 1. The Morgan fingerprint density at radius 2 is 1.97 bits per heavy atom. The maximum Gasteiger partial charge on any atom is 0.414 e. The number of hydrogen-bond donors (Lipinski definition) is 0. The summed E-state index contributed by atoms with van der Waals surface area (Å²) in [6, 6.07) is 11.6. The van der Waals surface area contributed by atoms with E-state index in [4.69, 9.17) is 9.47 Å². The highest BCUT2D eigenvalue weighted by molar-refractivity contribution is 7.85. The fourth-order valence-corrected chi connectivity index (χ4v) is 3.05. The molecule has 1 fully saturated rings. The van der Waals surface area contributed by atoms with Crippen LogP contribution in [0.2, 0.25) is 0 Å². The predicted octanol–water partition coefficient (Wildman–Crippen LogP) is 2.12. The number of rotatable bonds is 7. The molecule has 2 aromatic carbocycles. The van der Waals surface area contributed by atoms with Crippen LogP contribution in [0.15, 0.2) is 48.5 Å². The quantitative estimate of drug-likeness (QED) is 0.210. The number of carbonyl (C=O) groups is 2. The normalized spacial score (nSPS) is 16.2. The van der Waals surface area contributed by atoms with Crippen LogP contribution in [0.4, 0.5) is 16.2 Å². The summed E-state index contributed by atoms with van der Waals surface area (Å²) in [6.45, 7) is -0.454. The molecular weight excluding hydrogens is 420 g/mol. The molecule has 0 bridgehead atoms. The minimum Gasteiger partial charge on any atom is -0.441 e. The van der Waals surface area contributed by atoms with Crippen LogP contribution in [0.5, 0.6) is 5.75 Å². The summed E-state index contributed by atoms with van der Waals surface area (Å²) in [6.07, 6.45) is -0.831. The van der Waals surface area contributed by atoms with Crippen LogP contribution in [-0.4, -0.2) is 50.9 Å². The summed E-state index contributed by atoms with van der Waals surface area (Å²) in [5.74, 6) is -1.06. The molecule has 1 amide bonds. The third-order valence-corrected chi connectivity index (χ3v) is 4.57. The van der Waals surface area contributed by atoms with Crippen LogP contribution in [0.3, 0.4) is 0 Å². The molecule has 158 valence electrons. The van der Waals surface area contributed by atoms with Crippen LogP contribution in [-0.2, 0) is 19.0 Å². The van der Waals surface area contributed by atoms with Gasteiger partial charge in [0.2, 0.25) is 5.75 Å². The maximum atomic E-state index is 12.2. The zero-order valence-electron chi connectivity index (χ0n) is 15.6. The zero-order valence-corrected chi connectivity index (χ0v) is 16.4. The van der Waals surface area contributed by atoms with E-state index in [1.807, 2.05) is 0 Å². The molecule has 30 heavy (non-hydrogen) atoms. The number of hydrogen-bond acceptors (Lipinski definition) is 9. The van der Waals surface area contributed by atoms with E-state index in [0.717, 1.165) is 17.2 Å². The first-order valence-corrected chi connectivity index (χ1v) is 10.3. The Labute approximate surface area is 171 Å². The largest absolute Gasteiger partial charge is 0.441 e. The average Bonchev–Trinajstić information content (AvgIpc) is 3.07. The van der Waals surface area contributed by atoms with E-state index in [1.54, 1.807) is 18.2 Å². The summed E-state index contributed by atoms with van der Waals surface area (Å²) in [5, 5.41) is 11.5. The smallest absolute Gasteiger partial charge is 0.414 e. The molecule has 0 N–H and O–H groups in total. The van der Waals surface area contributed by atoms with Crippen LogP contribution < -0.4 is 9.64 Å². The topological polar surface area (TPSA) is 142 Å². The molecule has 1 heterocycles. The fourth-order valence-electron chi connectivity index (χ4n) is 2.65. The van der Waals surface area contributed by atoms with Gasteiger partial charge in [0.05, 0.1) is 29.0 Å². The third kappa shape index (κ3) is 5.10. The molecule has 0 radical (unpaired) electrons. The minimum atomic E-state index is -3.72. The van der Waals surface area contributed by atoms with Crippen molar-refractivity contribution in [3.8, 4) is 5.75 Å². The first-order chi connectivity index (χ1) is 14.1. The van der Waals surface area contributed by atoms with Gasteiger partial charge < -0.3 is 9.47 Å². The highest BCUT2D eigenvalue weighted by Gasteiger charge is 2.34. The van der Waals surface area contributed by atoms with Gasteiger partial charge in [-0.25, -0.2) is 9.59 Å². The van der Waals surface area contributed by atoms with Crippen molar-refractivity contribution in [1.29, 1.82) is 0 Å². The van der Waals surface area contributed by atoms with Gasteiger partial charge in [-0.3, -0.25) is 19.2 Å². The first-order valence-electron chi connectivity index (χ1n) is 8.52. The number of esters is 1. The van der Waals surface area contributed by atoms with Gasteiger partial charge in [-0.15, -0.1) is 0 Å². The van der Waals surface area contributed by atoms with E-state index in [1.165, 1.54) is 24.3 Å². The molecule has 1 aliphatic heterocycles. The standard InChI is InChI=1S/C18H16N2O9S/c1-30(25,26)27-11-14-10-19(18(22)28-14)13-7-8-16(15(9-13)20(23)24)29-17(21)12-5-3-2-4-6-12/h2-9,14H,10-11H2,1H3/t14-/m1/s1. The molecule has 0 spiro atoms. The highest BCUT2D eigenvalue weighted by Crippen LogP contribution is 2.34. The molecule has 1 atom stereocenters. The SMILES string of the molecule is CS(=O)(=O)OC[C@H]1CN(c2ccc(OC(=O)c3ccccc3)c([N+](=O)[O-])c2)C(=O)O1.